The lowest BCUT2D eigenvalue weighted by Crippen LogP contribution is -2.29. The third-order valence-electron chi connectivity index (χ3n) is 2.42. The molecule has 0 aliphatic carbocycles. The van der Waals surface area contributed by atoms with Crippen LogP contribution in [0.5, 0.6) is 0 Å². The molecule has 4 nitrogen and oxygen atoms in total. The Hall–Kier alpha value is -1.39. The predicted molar refractivity (Wildman–Crippen MR) is 65.7 cm³/mol. The first-order chi connectivity index (χ1) is 8.17. The summed E-state index contributed by atoms with van der Waals surface area (Å²) in [5.74, 6) is -0.0515. The number of rotatable bonds is 6. The fourth-order valence-electron chi connectivity index (χ4n) is 1.40. The molecule has 0 saturated heterocycles. The number of hydrogen-bond donors (Lipinski definition) is 2. The van der Waals surface area contributed by atoms with Crippen molar-refractivity contribution in [3.05, 3.63) is 35.4 Å². The molecule has 0 saturated carbocycles. The normalized spacial score (nSPS) is 12.2. The van der Waals surface area contributed by atoms with Crippen molar-refractivity contribution in [2.24, 2.45) is 5.92 Å². The number of carbonyl (C=O) groups is 1. The number of benzene rings is 1. The van der Waals surface area contributed by atoms with E-state index in [-0.39, 0.29) is 18.4 Å². The number of methoxy groups -OCH3 is 1. The Morgan fingerprint density at radius 1 is 1.53 bits per heavy atom. The Morgan fingerprint density at radius 3 is 2.94 bits per heavy atom. The van der Waals surface area contributed by atoms with Crippen molar-refractivity contribution in [2.75, 3.05) is 20.3 Å². The molecule has 0 heterocycles. The molecule has 0 spiro atoms. The Labute approximate surface area is 102 Å². The number of hydrogen-bond acceptors (Lipinski definition) is 3. The molecule has 1 rings (SSSR count). The van der Waals surface area contributed by atoms with Crippen molar-refractivity contribution in [3.63, 3.8) is 0 Å². The molecule has 94 valence electrons. The Balaban J connectivity index is 2.59. The van der Waals surface area contributed by atoms with E-state index in [1.165, 1.54) is 0 Å². The molecule has 1 aromatic rings. The van der Waals surface area contributed by atoms with E-state index < -0.39 is 0 Å². The second kappa shape index (κ2) is 7.04. The average Bonchev–Trinajstić information content (AvgIpc) is 2.36. The summed E-state index contributed by atoms with van der Waals surface area (Å²) in [5.41, 5.74) is 1.58. The standard InChI is InChI=1S/C13H19NO3/c1-10(8-15)7-14-13(16)12-5-3-4-11(6-12)9-17-2/h3-6,10,15H,7-9H2,1-2H3,(H,14,16). The Kier molecular flexibility index (Phi) is 5.66. The summed E-state index contributed by atoms with van der Waals surface area (Å²) in [6, 6.07) is 7.32. The van der Waals surface area contributed by atoms with E-state index in [4.69, 9.17) is 9.84 Å². The minimum atomic E-state index is -0.122. The molecule has 17 heavy (non-hydrogen) atoms. The minimum absolute atomic E-state index is 0.0705. The highest BCUT2D eigenvalue weighted by molar-refractivity contribution is 5.94. The third-order valence-corrected chi connectivity index (χ3v) is 2.42. The zero-order valence-electron chi connectivity index (χ0n) is 10.3. The van der Waals surface area contributed by atoms with Gasteiger partial charge in [0.25, 0.3) is 5.91 Å². The second-order valence-electron chi connectivity index (χ2n) is 4.13. The first kappa shape index (κ1) is 13.7. The van der Waals surface area contributed by atoms with Crippen LogP contribution in [0.2, 0.25) is 0 Å². The van der Waals surface area contributed by atoms with Crippen molar-refractivity contribution in [3.8, 4) is 0 Å². The van der Waals surface area contributed by atoms with Crippen molar-refractivity contribution in [1.29, 1.82) is 0 Å². The van der Waals surface area contributed by atoms with Crippen LogP contribution in [0.4, 0.5) is 0 Å². The predicted octanol–water partition coefficient (Wildman–Crippen LogP) is 1.19. The van der Waals surface area contributed by atoms with Gasteiger partial charge in [0.2, 0.25) is 0 Å². The molecule has 0 bridgehead atoms. The maximum Gasteiger partial charge on any atom is 0.251 e. The number of amides is 1. The topological polar surface area (TPSA) is 58.6 Å². The van der Waals surface area contributed by atoms with Gasteiger partial charge in [-0.25, -0.2) is 0 Å². The molecular formula is C13H19NO3. The molecule has 0 aliphatic rings. The smallest absolute Gasteiger partial charge is 0.251 e. The van der Waals surface area contributed by atoms with Gasteiger partial charge in [-0.15, -0.1) is 0 Å². The van der Waals surface area contributed by atoms with Crippen molar-refractivity contribution in [1.82, 2.24) is 5.32 Å². The van der Waals surface area contributed by atoms with Crippen LogP contribution < -0.4 is 5.32 Å². The highest BCUT2D eigenvalue weighted by atomic mass is 16.5. The molecule has 1 atom stereocenters. The lowest BCUT2D eigenvalue weighted by Gasteiger charge is -2.10. The summed E-state index contributed by atoms with van der Waals surface area (Å²) < 4.78 is 5.01. The van der Waals surface area contributed by atoms with Crippen molar-refractivity contribution >= 4 is 5.91 Å². The molecular weight excluding hydrogens is 218 g/mol. The van der Waals surface area contributed by atoms with E-state index in [1.807, 2.05) is 25.1 Å². The summed E-state index contributed by atoms with van der Waals surface area (Å²) >= 11 is 0. The van der Waals surface area contributed by atoms with Crippen LogP contribution in [0.25, 0.3) is 0 Å². The zero-order valence-corrected chi connectivity index (χ0v) is 10.3. The first-order valence-electron chi connectivity index (χ1n) is 5.64. The van der Waals surface area contributed by atoms with E-state index in [2.05, 4.69) is 5.32 Å². The summed E-state index contributed by atoms with van der Waals surface area (Å²) in [5, 5.41) is 11.6. The number of aliphatic hydroxyl groups excluding tert-OH is 1. The van der Waals surface area contributed by atoms with Crippen molar-refractivity contribution < 1.29 is 14.6 Å². The lowest BCUT2D eigenvalue weighted by molar-refractivity contribution is 0.0942. The Morgan fingerprint density at radius 2 is 2.29 bits per heavy atom. The number of carbonyl (C=O) groups excluding carboxylic acids is 1. The van der Waals surface area contributed by atoms with E-state index in [0.29, 0.717) is 18.7 Å². The summed E-state index contributed by atoms with van der Waals surface area (Å²) in [6.45, 7) is 2.92. The van der Waals surface area contributed by atoms with E-state index in [9.17, 15) is 4.79 Å². The van der Waals surface area contributed by atoms with Gasteiger partial charge in [-0.05, 0) is 23.6 Å². The third kappa shape index (κ3) is 4.54. The molecule has 4 heteroatoms. The van der Waals surface area contributed by atoms with Gasteiger partial charge in [0.15, 0.2) is 0 Å². The highest BCUT2D eigenvalue weighted by Crippen LogP contribution is 2.06. The molecule has 1 amide bonds. The van der Waals surface area contributed by atoms with E-state index in [1.54, 1.807) is 13.2 Å². The fraction of sp³-hybridized carbons (Fsp3) is 0.462. The zero-order chi connectivity index (χ0) is 12.7. The molecule has 1 aromatic carbocycles. The fourth-order valence-corrected chi connectivity index (χ4v) is 1.40. The SMILES string of the molecule is COCc1cccc(C(=O)NCC(C)CO)c1. The van der Waals surface area contributed by atoms with Crippen LogP contribution in [0.15, 0.2) is 24.3 Å². The maximum absolute atomic E-state index is 11.8. The molecule has 0 radical (unpaired) electrons. The first-order valence-corrected chi connectivity index (χ1v) is 5.64. The molecule has 0 fully saturated rings. The second-order valence-corrected chi connectivity index (χ2v) is 4.13. The van der Waals surface area contributed by atoms with Crippen LogP contribution in [-0.4, -0.2) is 31.3 Å². The highest BCUT2D eigenvalue weighted by Gasteiger charge is 2.07. The van der Waals surface area contributed by atoms with Gasteiger partial charge in [-0.3, -0.25) is 4.79 Å². The van der Waals surface area contributed by atoms with Crippen LogP contribution in [-0.2, 0) is 11.3 Å². The number of nitrogens with one attached hydrogen (secondary N) is 1. The molecule has 0 aliphatic heterocycles. The quantitative estimate of drug-likeness (QED) is 0.781. The number of ether oxygens (including phenoxy) is 1. The number of aliphatic hydroxyl groups is 1. The van der Waals surface area contributed by atoms with Gasteiger partial charge in [0, 0.05) is 25.8 Å². The van der Waals surface area contributed by atoms with Gasteiger partial charge in [-0.1, -0.05) is 19.1 Å². The van der Waals surface area contributed by atoms with Gasteiger partial charge < -0.3 is 15.2 Å². The van der Waals surface area contributed by atoms with Crippen LogP contribution in [0.3, 0.4) is 0 Å². The van der Waals surface area contributed by atoms with E-state index >= 15 is 0 Å². The van der Waals surface area contributed by atoms with Crippen LogP contribution >= 0.6 is 0 Å². The Bertz CT molecular complexity index is 365. The molecule has 2 N–H and O–H groups in total. The van der Waals surface area contributed by atoms with E-state index in [0.717, 1.165) is 5.56 Å². The van der Waals surface area contributed by atoms with Gasteiger partial charge in [-0.2, -0.15) is 0 Å². The van der Waals surface area contributed by atoms with Gasteiger partial charge in [0.05, 0.1) is 6.61 Å². The lowest BCUT2D eigenvalue weighted by atomic mass is 10.1. The molecule has 0 aromatic heterocycles. The monoisotopic (exact) mass is 237 g/mol. The summed E-state index contributed by atoms with van der Waals surface area (Å²) in [6.07, 6.45) is 0. The van der Waals surface area contributed by atoms with Crippen molar-refractivity contribution in [2.45, 2.75) is 13.5 Å². The molecule has 1 unspecified atom stereocenters. The van der Waals surface area contributed by atoms with Crippen LogP contribution in [0.1, 0.15) is 22.8 Å². The maximum atomic E-state index is 11.8. The minimum Gasteiger partial charge on any atom is -0.396 e. The van der Waals surface area contributed by atoms with Gasteiger partial charge >= 0.3 is 0 Å². The average molecular weight is 237 g/mol. The van der Waals surface area contributed by atoms with Gasteiger partial charge in [0.1, 0.15) is 0 Å². The summed E-state index contributed by atoms with van der Waals surface area (Å²) in [7, 11) is 1.62. The van der Waals surface area contributed by atoms with Crippen LogP contribution in [0, 0.1) is 5.92 Å². The summed E-state index contributed by atoms with van der Waals surface area (Å²) in [4.78, 5) is 11.8. The largest absolute Gasteiger partial charge is 0.396 e.